The first-order valence-corrected chi connectivity index (χ1v) is 8.40. The maximum Gasteiger partial charge on any atom is 0.224 e. The summed E-state index contributed by atoms with van der Waals surface area (Å²) in [5, 5.41) is -0.149. The van der Waals surface area contributed by atoms with Crippen molar-refractivity contribution in [2.75, 3.05) is 0 Å². The number of carbonyl (C=O) groups excluding carboxylic acids is 1. The van der Waals surface area contributed by atoms with E-state index in [4.69, 9.17) is 11.6 Å². The SMILES string of the molecule is CC(CCC(CC(C)C(C)(C)C)C(=O)Cl)CC(C)(C)C. The molecule has 0 N–H and O–H groups in total. The van der Waals surface area contributed by atoms with Gasteiger partial charge in [-0.3, -0.25) is 4.79 Å². The molecule has 0 spiro atoms. The second-order valence-electron chi connectivity index (χ2n) is 8.95. The van der Waals surface area contributed by atoms with Crippen molar-refractivity contribution in [3.8, 4) is 0 Å². The van der Waals surface area contributed by atoms with E-state index < -0.39 is 0 Å². The van der Waals surface area contributed by atoms with Gasteiger partial charge >= 0.3 is 0 Å². The molecule has 1 nitrogen and oxygen atoms in total. The molecule has 0 bridgehead atoms. The first kappa shape index (κ1) is 20.0. The van der Waals surface area contributed by atoms with E-state index in [1.807, 2.05) is 0 Å². The molecule has 3 atom stereocenters. The Kier molecular flexibility index (Phi) is 7.81. The van der Waals surface area contributed by atoms with Crippen molar-refractivity contribution < 1.29 is 4.79 Å². The summed E-state index contributed by atoms with van der Waals surface area (Å²) in [6, 6.07) is 0. The lowest BCUT2D eigenvalue weighted by Crippen LogP contribution is -2.23. The molecular weight excluding hydrogens is 268 g/mol. The lowest BCUT2D eigenvalue weighted by Gasteiger charge is -2.30. The van der Waals surface area contributed by atoms with E-state index in [0.717, 1.165) is 19.3 Å². The highest BCUT2D eigenvalue weighted by atomic mass is 35.5. The number of hydrogen-bond donors (Lipinski definition) is 0. The van der Waals surface area contributed by atoms with Gasteiger partial charge in [0.15, 0.2) is 0 Å². The number of rotatable bonds is 7. The zero-order chi connectivity index (χ0) is 16.1. The number of halogens is 1. The fourth-order valence-electron chi connectivity index (χ4n) is 2.74. The smallest absolute Gasteiger partial charge is 0.224 e. The van der Waals surface area contributed by atoms with Gasteiger partial charge in [-0.05, 0) is 60.0 Å². The van der Waals surface area contributed by atoms with E-state index in [1.165, 1.54) is 6.42 Å². The molecule has 0 amide bonds. The molecule has 0 heterocycles. The molecule has 0 aromatic heterocycles. The van der Waals surface area contributed by atoms with E-state index >= 15 is 0 Å². The first-order valence-electron chi connectivity index (χ1n) is 8.02. The normalized spacial score (nSPS) is 17.6. The van der Waals surface area contributed by atoms with Gasteiger partial charge in [-0.15, -0.1) is 0 Å². The first-order chi connectivity index (χ1) is 8.83. The van der Waals surface area contributed by atoms with Gasteiger partial charge in [-0.1, -0.05) is 55.4 Å². The molecule has 0 aliphatic heterocycles. The molecule has 0 saturated heterocycles. The van der Waals surface area contributed by atoms with Gasteiger partial charge in [0.1, 0.15) is 0 Å². The topological polar surface area (TPSA) is 17.1 Å². The molecule has 0 radical (unpaired) electrons. The summed E-state index contributed by atoms with van der Waals surface area (Å²) in [6.07, 6.45) is 4.14. The molecule has 0 aromatic rings. The highest BCUT2D eigenvalue weighted by molar-refractivity contribution is 6.63. The zero-order valence-corrected chi connectivity index (χ0v) is 15.6. The summed E-state index contributed by atoms with van der Waals surface area (Å²) in [7, 11) is 0. The van der Waals surface area contributed by atoms with Crippen molar-refractivity contribution >= 4 is 16.8 Å². The predicted octanol–water partition coefficient (Wildman–Crippen LogP) is 6.29. The second kappa shape index (κ2) is 7.82. The minimum Gasteiger partial charge on any atom is -0.281 e. The maximum absolute atomic E-state index is 11.7. The number of carbonyl (C=O) groups is 1. The van der Waals surface area contributed by atoms with Crippen molar-refractivity contribution in [1.82, 2.24) is 0 Å². The highest BCUT2D eigenvalue weighted by Crippen LogP contribution is 2.34. The molecule has 2 heteroatoms. The molecule has 0 fully saturated rings. The molecule has 0 rings (SSSR count). The molecular formula is C18H35ClO. The average molecular weight is 303 g/mol. The summed E-state index contributed by atoms with van der Waals surface area (Å²) in [6.45, 7) is 18.0. The zero-order valence-electron chi connectivity index (χ0n) is 14.8. The fraction of sp³-hybridized carbons (Fsp3) is 0.944. The maximum atomic E-state index is 11.7. The Bertz CT molecular complexity index is 296. The van der Waals surface area contributed by atoms with Crippen LogP contribution in [0.15, 0.2) is 0 Å². The van der Waals surface area contributed by atoms with Gasteiger partial charge in [0.2, 0.25) is 5.24 Å². The molecule has 0 aliphatic carbocycles. The van der Waals surface area contributed by atoms with Gasteiger partial charge in [0, 0.05) is 5.92 Å². The summed E-state index contributed by atoms with van der Waals surface area (Å²) in [4.78, 5) is 11.7. The minimum atomic E-state index is -0.149. The van der Waals surface area contributed by atoms with Crippen molar-refractivity contribution in [3.05, 3.63) is 0 Å². The molecule has 0 aromatic carbocycles. The van der Waals surface area contributed by atoms with Crippen LogP contribution in [0.5, 0.6) is 0 Å². The van der Waals surface area contributed by atoms with Crippen molar-refractivity contribution in [3.63, 3.8) is 0 Å². The van der Waals surface area contributed by atoms with E-state index in [9.17, 15) is 4.79 Å². The van der Waals surface area contributed by atoms with Gasteiger partial charge in [-0.2, -0.15) is 0 Å². The van der Waals surface area contributed by atoms with Crippen LogP contribution in [0.4, 0.5) is 0 Å². The molecule has 120 valence electrons. The van der Waals surface area contributed by atoms with Gasteiger partial charge in [-0.25, -0.2) is 0 Å². The van der Waals surface area contributed by atoms with Crippen LogP contribution in [0, 0.1) is 28.6 Å². The largest absolute Gasteiger partial charge is 0.281 e. The molecule has 20 heavy (non-hydrogen) atoms. The van der Waals surface area contributed by atoms with Crippen LogP contribution in [-0.2, 0) is 4.79 Å². The summed E-state index contributed by atoms with van der Waals surface area (Å²) in [5.74, 6) is 1.18. The van der Waals surface area contributed by atoms with E-state index in [1.54, 1.807) is 0 Å². The second-order valence-corrected chi connectivity index (χ2v) is 9.32. The third-order valence-electron chi connectivity index (χ3n) is 4.41. The summed E-state index contributed by atoms with van der Waals surface area (Å²) >= 11 is 5.82. The van der Waals surface area contributed by atoms with Crippen molar-refractivity contribution in [2.24, 2.45) is 28.6 Å². The lowest BCUT2D eigenvalue weighted by molar-refractivity contribution is -0.116. The monoisotopic (exact) mass is 302 g/mol. The Balaban J connectivity index is 4.40. The Hall–Kier alpha value is -0.0400. The van der Waals surface area contributed by atoms with Gasteiger partial charge in [0.25, 0.3) is 0 Å². The Morgan fingerprint density at radius 3 is 1.85 bits per heavy atom. The predicted molar refractivity (Wildman–Crippen MR) is 90.1 cm³/mol. The van der Waals surface area contributed by atoms with Crippen LogP contribution < -0.4 is 0 Å². The summed E-state index contributed by atoms with van der Waals surface area (Å²) in [5.41, 5.74) is 0.597. The highest BCUT2D eigenvalue weighted by Gasteiger charge is 2.27. The number of hydrogen-bond acceptors (Lipinski definition) is 1. The van der Waals surface area contributed by atoms with E-state index in [2.05, 4.69) is 55.4 Å². The van der Waals surface area contributed by atoms with Gasteiger partial charge < -0.3 is 0 Å². The average Bonchev–Trinajstić information content (AvgIpc) is 2.19. The van der Waals surface area contributed by atoms with Crippen LogP contribution in [0.1, 0.15) is 81.1 Å². The quantitative estimate of drug-likeness (QED) is 0.505. The third-order valence-corrected chi connectivity index (χ3v) is 4.71. The standard InChI is InChI=1S/C18H35ClO/c1-13(12-17(3,4)5)9-10-15(16(19)20)11-14(2)18(6,7)8/h13-15H,9-12H2,1-8H3. The van der Waals surface area contributed by atoms with Crippen LogP contribution >= 0.6 is 11.6 Å². The van der Waals surface area contributed by atoms with Crippen LogP contribution in [0.25, 0.3) is 0 Å². The van der Waals surface area contributed by atoms with Gasteiger partial charge in [0.05, 0.1) is 0 Å². The molecule has 3 unspecified atom stereocenters. The fourth-order valence-corrected chi connectivity index (χ4v) is 2.94. The van der Waals surface area contributed by atoms with Crippen molar-refractivity contribution in [2.45, 2.75) is 81.1 Å². The minimum absolute atomic E-state index is 0.0216. The van der Waals surface area contributed by atoms with Crippen LogP contribution in [0.3, 0.4) is 0 Å². The van der Waals surface area contributed by atoms with E-state index in [0.29, 0.717) is 17.3 Å². The van der Waals surface area contributed by atoms with Crippen LogP contribution in [-0.4, -0.2) is 5.24 Å². The molecule has 0 saturated carbocycles. The molecule has 0 aliphatic rings. The lowest BCUT2D eigenvalue weighted by atomic mass is 9.75. The Morgan fingerprint density at radius 2 is 1.50 bits per heavy atom. The third kappa shape index (κ3) is 9.00. The van der Waals surface area contributed by atoms with E-state index in [-0.39, 0.29) is 16.6 Å². The van der Waals surface area contributed by atoms with Crippen LogP contribution in [0.2, 0.25) is 0 Å². The summed E-state index contributed by atoms with van der Waals surface area (Å²) < 4.78 is 0. The Morgan fingerprint density at radius 1 is 1.00 bits per heavy atom. The van der Waals surface area contributed by atoms with Crippen molar-refractivity contribution in [1.29, 1.82) is 0 Å². The Labute approximate surface area is 131 Å².